The van der Waals surface area contributed by atoms with Gasteiger partial charge in [-0.15, -0.1) is 0 Å². The number of amides is 1. The third-order valence-corrected chi connectivity index (χ3v) is 3.86. The zero-order valence-electron chi connectivity index (χ0n) is 15.5. The highest BCUT2D eigenvalue weighted by Crippen LogP contribution is 2.33. The first kappa shape index (κ1) is 20.4. The highest BCUT2D eigenvalue weighted by molar-refractivity contribution is 6.30. The van der Waals surface area contributed by atoms with Gasteiger partial charge in [0, 0.05) is 16.7 Å². The molecule has 0 saturated heterocycles. The molecule has 0 aliphatic heterocycles. The van der Waals surface area contributed by atoms with Crippen LogP contribution in [-0.4, -0.2) is 40.1 Å². The van der Waals surface area contributed by atoms with E-state index in [9.17, 15) is 4.79 Å². The number of carbonyl (C=O) groups is 1. The van der Waals surface area contributed by atoms with Gasteiger partial charge in [0.05, 0.1) is 27.5 Å². The molecule has 1 amide bonds. The number of methoxy groups -OCH3 is 3. The topological polar surface area (TPSA) is 78.4 Å². The van der Waals surface area contributed by atoms with Gasteiger partial charge in [0.15, 0.2) is 18.1 Å². The van der Waals surface area contributed by atoms with Crippen LogP contribution >= 0.6 is 11.6 Å². The summed E-state index contributed by atoms with van der Waals surface area (Å²) in [6, 6.07) is 8.54. The molecule has 7 nitrogen and oxygen atoms in total. The quantitative estimate of drug-likeness (QED) is 0.551. The second-order valence-corrected chi connectivity index (χ2v) is 5.88. The second-order valence-electron chi connectivity index (χ2n) is 5.44. The summed E-state index contributed by atoms with van der Waals surface area (Å²) in [7, 11) is 4.59. The van der Waals surface area contributed by atoms with E-state index >= 15 is 0 Å². The number of hydrazone groups is 1. The molecule has 0 saturated carbocycles. The zero-order valence-corrected chi connectivity index (χ0v) is 16.3. The molecule has 2 aromatic carbocycles. The van der Waals surface area contributed by atoms with Gasteiger partial charge in [-0.25, -0.2) is 5.43 Å². The van der Waals surface area contributed by atoms with Crippen molar-refractivity contribution >= 4 is 23.7 Å². The zero-order chi connectivity index (χ0) is 19.8. The van der Waals surface area contributed by atoms with Gasteiger partial charge < -0.3 is 18.9 Å². The van der Waals surface area contributed by atoms with Crippen molar-refractivity contribution in [3.8, 4) is 23.0 Å². The lowest BCUT2D eigenvalue weighted by Crippen LogP contribution is -2.24. The fourth-order valence-electron chi connectivity index (χ4n) is 2.28. The SMILES string of the molecule is COc1cc(OC)c(OC)cc1/C=N\NC(=O)COc1ccc(Cl)cc1C. The predicted octanol–water partition coefficient (Wildman–Crippen LogP) is 3.20. The summed E-state index contributed by atoms with van der Waals surface area (Å²) in [6.07, 6.45) is 1.45. The van der Waals surface area contributed by atoms with Crippen molar-refractivity contribution < 1.29 is 23.7 Å². The minimum absolute atomic E-state index is 0.178. The maximum Gasteiger partial charge on any atom is 0.277 e. The van der Waals surface area contributed by atoms with Gasteiger partial charge in [-0.05, 0) is 36.8 Å². The maximum atomic E-state index is 11.9. The molecule has 0 aromatic heterocycles. The molecule has 0 heterocycles. The number of aryl methyl sites for hydroxylation is 1. The largest absolute Gasteiger partial charge is 0.496 e. The first-order valence-electron chi connectivity index (χ1n) is 7.99. The molecular weight excluding hydrogens is 372 g/mol. The van der Waals surface area contributed by atoms with Gasteiger partial charge in [0.25, 0.3) is 5.91 Å². The van der Waals surface area contributed by atoms with Gasteiger partial charge in [-0.1, -0.05) is 11.6 Å². The molecule has 0 aliphatic rings. The van der Waals surface area contributed by atoms with Gasteiger partial charge in [0.2, 0.25) is 0 Å². The molecule has 0 atom stereocenters. The van der Waals surface area contributed by atoms with Gasteiger partial charge in [-0.3, -0.25) is 4.79 Å². The normalized spacial score (nSPS) is 10.6. The molecule has 8 heteroatoms. The lowest BCUT2D eigenvalue weighted by Gasteiger charge is -2.11. The summed E-state index contributed by atoms with van der Waals surface area (Å²) >= 11 is 5.89. The summed E-state index contributed by atoms with van der Waals surface area (Å²) < 4.78 is 21.2. The average molecular weight is 393 g/mol. The summed E-state index contributed by atoms with van der Waals surface area (Å²) in [4.78, 5) is 11.9. The van der Waals surface area contributed by atoms with Gasteiger partial charge in [0.1, 0.15) is 11.5 Å². The molecule has 144 valence electrons. The summed E-state index contributed by atoms with van der Waals surface area (Å²) in [6.45, 7) is 1.67. The van der Waals surface area contributed by atoms with Crippen LogP contribution in [-0.2, 0) is 4.79 Å². The minimum atomic E-state index is -0.403. The Morgan fingerprint density at radius 2 is 1.70 bits per heavy atom. The Labute approximate surface area is 162 Å². The van der Waals surface area contributed by atoms with Crippen LogP contribution in [0.2, 0.25) is 5.02 Å². The van der Waals surface area contributed by atoms with Crippen molar-refractivity contribution in [2.75, 3.05) is 27.9 Å². The number of ether oxygens (including phenoxy) is 4. The summed E-state index contributed by atoms with van der Waals surface area (Å²) in [5.41, 5.74) is 3.86. The number of rotatable bonds is 8. The molecule has 0 unspecified atom stereocenters. The van der Waals surface area contributed by atoms with Crippen LogP contribution in [0, 0.1) is 6.92 Å². The van der Waals surface area contributed by atoms with E-state index in [1.165, 1.54) is 27.5 Å². The highest BCUT2D eigenvalue weighted by Gasteiger charge is 2.11. The number of nitrogens with one attached hydrogen (secondary N) is 1. The first-order chi connectivity index (χ1) is 13.0. The summed E-state index contributed by atoms with van der Waals surface area (Å²) in [5.74, 6) is 1.76. The Morgan fingerprint density at radius 1 is 1.04 bits per heavy atom. The third-order valence-electron chi connectivity index (χ3n) is 3.62. The Hall–Kier alpha value is -2.93. The molecule has 0 aliphatic carbocycles. The Balaban J connectivity index is 1.99. The Kier molecular flexibility index (Phi) is 7.31. The minimum Gasteiger partial charge on any atom is -0.496 e. The molecule has 0 spiro atoms. The van der Waals surface area contributed by atoms with Crippen molar-refractivity contribution in [2.24, 2.45) is 5.10 Å². The highest BCUT2D eigenvalue weighted by atomic mass is 35.5. The van der Waals surface area contributed by atoms with Gasteiger partial charge >= 0.3 is 0 Å². The number of halogens is 1. The lowest BCUT2D eigenvalue weighted by molar-refractivity contribution is -0.123. The molecule has 27 heavy (non-hydrogen) atoms. The molecule has 0 radical (unpaired) electrons. The first-order valence-corrected chi connectivity index (χ1v) is 8.37. The molecular formula is C19H21ClN2O5. The number of nitrogens with zero attached hydrogens (tertiary/aromatic N) is 1. The van der Waals surface area contributed by atoms with Crippen LogP contribution in [0.15, 0.2) is 35.4 Å². The molecule has 1 N–H and O–H groups in total. The third kappa shape index (κ3) is 5.52. The van der Waals surface area contributed by atoms with E-state index in [0.717, 1.165) is 5.56 Å². The van der Waals surface area contributed by atoms with E-state index in [1.807, 2.05) is 6.92 Å². The fraction of sp³-hybridized carbons (Fsp3) is 0.263. The van der Waals surface area contributed by atoms with E-state index in [0.29, 0.717) is 33.6 Å². The summed E-state index contributed by atoms with van der Waals surface area (Å²) in [5, 5.41) is 4.54. The average Bonchev–Trinajstić information content (AvgIpc) is 2.66. The molecule has 2 aromatic rings. The molecule has 0 bridgehead atoms. The van der Waals surface area contributed by atoms with Crippen LogP contribution in [0.25, 0.3) is 0 Å². The van der Waals surface area contributed by atoms with Crippen LogP contribution < -0.4 is 24.4 Å². The van der Waals surface area contributed by atoms with E-state index in [2.05, 4.69) is 10.5 Å². The van der Waals surface area contributed by atoms with E-state index in [-0.39, 0.29) is 6.61 Å². The number of hydrogen-bond donors (Lipinski definition) is 1. The van der Waals surface area contributed by atoms with Crippen molar-refractivity contribution in [3.63, 3.8) is 0 Å². The number of benzene rings is 2. The van der Waals surface area contributed by atoms with Crippen LogP contribution in [0.4, 0.5) is 0 Å². The Bertz CT molecular complexity index is 839. The van der Waals surface area contributed by atoms with Crippen LogP contribution in [0.3, 0.4) is 0 Å². The van der Waals surface area contributed by atoms with E-state index < -0.39 is 5.91 Å². The standard InChI is InChI=1S/C19H21ClN2O5/c1-12-7-14(20)5-6-15(12)27-11-19(23)22-21-10-13-8-17(25-3)18(26-4)9-16(13)24-2/h5-10H,11H2,1-4H3,(H,22,23)/b21-10-. The number of hydrogen-bond acceptors (Lipinski definition) is 6. The smallest absolute Gasteiger partial charge is 0.277 e. The molecule has 0 fully saturated rings. The van der Waals surface area contributed by atoms with Crippen LogP contribution in [0.5, 0.6) is 23.0 Å². The second kappa shape index (κ2) is 9.68. The monoisotopic (exact) mass is 392 g/mol. The van der Waals surface area contributed by atoms with Crippen LogP contribution in [0.1, 0.15) is 11.1 Å². The number of carbonyl (C=O) groups excluding carboxylic acids is 1. The fourth-order valence-corrected chi connectivity index (χ4v) is 2.50. The van der Waals surface area contributed by atoms with Crippen molar-refractivity contribution in [1.82, 2.24) is 5.43 Å². The van der Waals surface area contributed by atoms with E-state index in [1.54, 1.807) is 30.3 Å². The van der Waals surface area contributed by atoms with Crippen molar-refractivity contribution in [3.05, 3.63) is 46.5 Å². The maximum absolute atomic E-state index is 11.9. The van der Waals surface area contributed by atoms with Crippen molar-refractivity contribution in [2.45, 2.75) is 6.92 Å². The Morgan fingerprint density at radius 3 is 2.33 bits per heavy atom. The van der Waals surface area contributed by atoms with Crippen molar-refractivity contribution in [1.29, 1.82) is 0 Å². The molecule has 2 rings (SSSR count). The lowest BCUT2D eigenvalue weighted by atomic mass is 10.2. The van der Waals surface area contributed by atoms with Gasteiger partial charge in [-0.2, -0.15) is 5.10 Å². The van der Waals surface area contributed by atoms with E-state index in [4.69, 9.17) is 30.5 Å². The predicted molar refractivity (Wildman–Crippen MR) is 104 cm³/mol.